The minimum absolute atomic E-state index is 0.447. The predicted octanol–water partition coefficient (Wildman–Crippen LogP) is 2.48. The fourth-order valence-corrected chi connectivity index (χ4v) is 1.74. The highest BCUT2D eigenvalue weighted by Gasteiger charge is 2.04. The van der Waals surface area contributed by atoms with Gasteiger partial charge in [0.15, 0.2) is 5.82 Å². The average Bonchev–Trinajstić information content (AvgIpc) is 2.64. The summed E-state index contributed by atoms with van der Waals surface area (Å²) in [5.41, 5.74) is 0. The van der Waals surface area contributed by atoms with Crippen LogP contribution < -0.4 is 0 Å². The highest BCUT2D eigenvalue weighted by atomic mass is 127. The zero-order valence-corrected chi connectivity index (χ0v) is 10.9. The van der Waals surface area contributed by atoms with Crippen LogP contribution in [0.1, 0.15) is 12.7 Å². The molecule has 0 amide bonds. The lowest BCUT2D eigenvalue weighted by Gasteiger charge is -2.02. The molecule has 0 spiro atoms. The Morgan fingerprint density at radius 2 is 2.27 bits per heavy atom. The first-order chi connectivity index (χ1) is 7.19. The molecule has 0 aliphatic rings. The van der Waals surface area contributed by atoms with Crippen LogP contribution in [0, 0.1) is 3.57 Å². The minimum Gasteiger partial charge on any atom is -0.221 e. The van der Waals surface area contributed by atoms with E-state index in [1.807, 2.05) is 13.1 Å². The molecule has 0 atom stereocenters. The van der Waals surface area contributed by atoms with Crippen LogP contribution in [0.3, 0.4) is 0 Å². The summed E-state index contributed by atoms with van der Waals surface area (Å²) in [5.74, 6) is 1.43. The van der Waals surface area contributed by atoms with Gasteiger partial charge in [-0.25, -0.2) is 14.6 Å². The second-order valence-electron chi connectivity index (χ2n) is 2.92. The van der Waals surface area contributed by atoms with Crippen LogP contribution in [0.5, 0.6) is 0 Å². The zero-order chi connectivity index (χ0) is 10.8. The molecule has 78 valence electrons. The van der Waals surface area contributed by atoms with Crippen molar-refractivity contribution in [2.45, 2.75) is 13.3 Å². The van der Waals surface area contributed by atoms with Gasteiger partial charge in [-0.15, -0.1) is 0 Å². The summed E-state index contributed by atoms with van der Waals surface area (Å²) in [7, 11) is 0. The molecule has 0 aliphatic carbocycles. The van der Waals surface area contributed by atoms with E-state index in [2.05, 4.69) is 37.7 Å². The molecule has 0 aromatic carbocycles. The maximum absolute atomic E-state index is 5.89. The Bertz CT molecular complexity index is 483. The topological polar surface area (TPSA) is 43.6 Å². The highest BCUT2D eigenvalue weighted by Crippen LogP contribution is 2.12. The summed E-state index contributed by atoms with van der Waals surface area (Å²) in [5, 5.41) is 4.61. The molecule has 15 heavy (non-hydrogen) atoms. The number of nitrogens with zero attached hydrogens (tertiary/aromatic N) is 4. The third-order valence-electron chi connectivity index (χ3n) is 1.83. The second kappa shape index (κ2) is 4.44. The number of rotatable bonds is 2. The van der Waals surface area contributed by atoms with Gasteiger partial charge in [-0.05, 0) is 22.6 Å². The van der Waals surface area contributed by atoms with Crippen molar-refractivity contribution in [3.05, 3.63) is 33.0 Å². The van der Waals surface area contributed by atoms with Gasteiger partial charge < -0.3 is 0 Å². The molecule has 2 heterocycles. The van der Waals surface area contributed by atoms with E-state index in [4.69, 9.17) is 11.6 Å². The molecular weight excluding hydrogens is 326 g/mol. The summed E-state index contributed by atoms with van der Waals surface area (Å²) in [6.45, 7) is 1.99. The molecule has 0 saturated heterocycles. The average molecular weight is 335 g/mol. The molecule has 0 fully saturated rings. The summed E-state index contributed by atoms with van der Waals surface area (Å²) in [6, 6.07) is 1.70. The summed E-state index contributed by atoms with van der Waals surface area (Å²) >= 11 is 8.09. The van der Waals surface area contributed by atoms with Crippen LogP contribution >= 0.6 is 34.2 Å². The third-order valence-corrected chi connectivity index (χ3v) is 2.58. The van der Waals surface area contributed by atoms with Crippen LogP contribution in [0.15, 0.2) is 18.5 Å². The van der Waals surface area contributed by atoms with Crippen molar-refractivity contribution < 1.29 is 0 Å². The second-order valence-corrected chi connectivity index (χ2v) is 4.55. The van der Waals surface area contributed by atoms with Crippen molar-refractivity contribution in [1.29, 1.82) is 0 Å². The van der Waals surface area contributed by atoms with E-state index in [1.54, 1.807) is 16.9 Å². The zero-order valence-electron chi connectivity index (χ0n) is 7.98. The van der Waals surface area contributed by atoms with Crippen LogP contribution in [0.25, 0.3) is 5.82 Å². The Labute approximate surface area is 106 Å². The minimum atomic E-state index is 0.447. The van der Waals surface area contributed by atoms with Crippen LogP contribution in [0.2, 0.25) is 5.15 Å². The lowest BCUT2D eigenvalue weighted by Crippen LogP contribution is -2.02. The number of aryl methyl sites for hydroxylation is 1. The Morgan fingerprint density at radius 1 is 1.47 bits per heavy atom. The molecule has 6 heteroatoms. The number of halogens is 2. The van der Waals surface area contributed by atoms with Gasteiger partial charge in [0.1, 0.15) is 11.0 Å². The summed E-state index contributed by atoms with van der Waals surface area (Å²) in [4.78, 5) is 8.43. The standard InChI is InChI=1S/C9H8ClIN4/c1-2-8-13-7(10)3-9(14-8)15-5-6(11)4-12-15/h3-5H,2H2,1H3. The van der Waals surface area contributed by atoms with Crippen LogP contribution in [-0.2, 0) is 6.42 Å². The number of aromatic nitrogens is 4. The first kappa shape index (κ1) is 10.8. The largest absolute Gasteiger partial charge is 0.221 e. The smallest absolute Gasteiger partial charge is 0.158 e. The normalized spacial score (nSPS) is 10.6. The van der Waals surface area contributed by atoms with Crippen molar-refractivity contribution in [2.24, 2.45) is 0 Å². The molecule has 0 saturated carbocycles. The van der Waals surface area contributed by atoms with Crippen molar-refractivity contribution in [3.63, 3.8) is 0 Å². The van der Waals surface area contributed by atoms with Gasteiger partial charge >= 0.3 is 0 Å². The van der Waals surface area contributed by atoms with E-state index < -0.39 is 0 Å². The quantitative estimate of drug-likeness (QED) is 0.626. The molecule has 0 radical (unpaired) electrons. The van der Waals surface area contributed by atoms with Gasteiger partial charge in [0.05, 0.1) is 9.77 Å². The first-order valence-corrected chi connectivity index (χ1v) is 5.88. The Morgan fingerprint density at radius 3 is 2.87 bits per heavy atom. The van der Waals surface area contributed by atoms with Crippen LogP contribution in [0.4, 0.5) is 0 Å². The molecular formula is C9H8ClIN4. The van der Waals surface area contributed by atoms with Gasteiger partial charge in [0.25, 0.3) is 0 Å². The molecule has 4 nitrogen and oxygen atoms in total. The van der Waals surface area contributed by atoms with E-state index in [-0.39, 0.29) is 0 Å². The van der Waals surface area contributed by atoms with Crippen molar-refractivity contribution in [3.8, 4) is 5.82 Å². The molecule has 0 N–H and O–H groups in total. The van der Waals surface area contributed by atoms with E-state index in [1.165, 1.54) is 0 Å². The molecule has 2 aromatic heterocycles. The van der Waals surface area contributed by atoms with Gasteiger partial charge in [0.2, 0.25) is 0 Å². The van der Waals surface area contributed by atoms with Crippen molar-refractivity contribution in [2.75, 3.05) is 0 Å². The summed E-state index contributed by atoms with van der Waals surface area (Å²) < 4.78 is 2.74. The Balaban J connectivity index is 2.48. The van der Waals surface area contributed by atoms with Gasteiger partial charge in [-0.3, -0.25) is 0 Å². The maximum atomic E-state index is 5.89. The van der Waals surface area contributed by atoms with Gasteiger partial charge in [-0.1, -0.05) is 18.5 Å². The van der Waals surface area contributed by atoms with Gasteiger partial charge in [-0.2, -0.15) is 5.10 Å². The van der Waals surface area contributed by atoms with E-state index in [9.17, 15) is 0 Å². The highest BCUT2D eigenvalue weighted by molar-refractivity contribution is 14.1. The molecule has 0 aliphatic heterocycles. The maximum Gasteiger partial charge on any atom is 0.158 e. The van der Waals surface area contributed by atoms with E-state index in [0.29, 0.717) is 11.0 Å². The van der Waals surface area contributed by atoms with Gasteiger partial charge in [0, 0.05) is 18.7 Å². The SMILES string of the molecule is CCc1nc(Cl)cc(-n2cc(I)cn2)n1. The van der Waals surface area contributed by atoms with Crippen LogP contribution in [-0.4, -0.2) is 19.7 Å². The molecule has 0 unspecified atom stereocenters. The molecule has 2 aromatic rings. The lowest BCUT2D eigenvalue weighted by molar-refractivity contribution is 0.813. The van der Waals surface area contributed by atoms with E-state index in [0.717, 1.165) is 15.8 Å². The fraction of sp³-hybridized carbons (Fsp3) is 0.222. The number of hydrogen-bond acceptors (Lipinski definition) is 3. The Kier molecular flexibility index (Phi) is 3.20. The third kappa shape index (κ3) is 2.46. The van der Waals surface area contributed by atoms with Crippen molar-refractivity contribution in [1.82, 2.24) is 19.7 Å². The first-order valence-electron chi connectivity index (χ1n) is 4.43. The monoisotopic (exact) mass is 334 g/mol. The van der Waals surface area contributed by atoms with E-state index >= 15 is 0 Å². The molecule has 0 bridgehead atoms. The lowest BCUT2D eigenvalue weighted by atomic mass is 10.4. The number of hydrogen-bond donors (Lipinski definition) is 0. The predicted molar refractivity (Wildman–Crippen MR) is 66.3 cm³/mol. The van der Waals surface area contributed by atoms with Crippen molar-refractivity contribution >= 4 is 34.2 Å². The summed E-state index contributed by atoms with van der Waals surface area (Å²) in [6.07, 6.45) is 4.41. The Hall–Kier alpha value is -0.690. The molecule has 2 rings (SSSR count). The fourth-order valence-electron chi connectivity index (χ4n) is 1.15.